The Bertz CT molecular complexity index is 1200. The van der Waals surface area contributed by atoms with E-state index in [4.69, 9.17) is 4.74 Å². The lowest BCUT2D eigenvalue weighted by molar-refractivity contribution is -0.198. The second-order valence-corrected chi connectivity index (χ2v) is 8.03. The van der Waals surface area contributed by atoms with Crippen LogP contribution in [0.15, 0.2) is 91.0 Å². The smallest absolute Gasteiger partial charge is 0.262 e. The van der Waals surface area contributed by atoms with Crippen molar-refractivity contribution < 1.29 is 39.5 Å². The summed E-state index contributed by atoms with van der Waals surface area (Å²) in [5.74, 6) is -6.35. The summed E-state index contributed by atoms with van der Waals surface area (Å²) in [5, 5.41) is 44.5. The highest BCUT2D eigenvalue weighted by Gasteiger charge is 2.71. The molecule has 4 rings (SSSR count). The van der Waals surface area contributed by atoms with Crippen LogP contribution in [0.25, 0.3) is 0 Å². The Morgan fingerprint density at radius 1 is 0.706 bits per heavy atom. The molecule has 1 aliphatic heterocycles. The third-order valence-corrected chi connectivity index (χ3v) is 5.90. The Labute approximate surface area is 194 Å². The van der Waals surface area contributed by atoms with Gasteiger partial charge in [0.05, 0.1) is 0 Å². The lowest BCUT2D eigenvalue weighted by atomic mass is 9.78. The SMILES string of the molecule is O=C(c1ccccc1)C(O)[C@H]1O[C@@](O)(C(=O)c2ccccc2)[C@H](O)[C@@]1(O)C(=O)c1ccccc1. The van der Waals surface area contributed by atoms with E-state index in [-0.39, 0.29) is 16.7 Å². The summed E-state index contributed by atoms with van der Waals surface area (Å²) in [5.41, 5.74) is -3.17. The van der Waals surface area contributed by atoms with Gasteiger partial charge in [0.15, 0.2) is 23.3 Å². The van der Waals surface area contributed by atoms with E-state index < -0.39 is 47.0 Å². The molecule has 0 amide bonds. The summed E-state index contributed by atoms with van der Waals surface area (Å²) in [6.45, 7) is 0. The van der Waals surface area contributed by atoms with Crippen LogP contribution in [0.5, 0.6) is 0 Å². The predicted molar refractivity (Wildman–Crippen MR) is 119 cm³/mol. The van der Waals surface area contributed by atoms with Crippen molar-refractivity contribution in [3.05, 3.63) is 108 Å². The molecule has 0 radical (unpaired) electrons. The Morgan fingerprint density at radius 3 is 1.59 bits per heavy atom. The van der Waals surface area contributed by atoms with Crippen molar-refractivity contribution in [1.82, 2.24) is 0 Å². The molecular weight excluding hydrogens is 440 g/mol. The maximum absolute atomic E-state index is 13.4. The highest BCUT2D eigenvalue weighted by molar-refractivity contribution is 6.08. The zero-order valence-corrected chi connectivity index (χ0v) is 17.8. The fraction of sp³-hybridized carbons (Fsp3) is 0.192. The fourth-order valence-corrected chi connectivity index (χ4v) is 4.07. The molecule has 8 heteroatoms. The number of carbonyl (C=O) groups excluding carboxylic acids is 3. The topological polar surface area (TPSA) is 141 Å². The Hall–Kier alpha value is -3.53. The molecule has 1 aliphatic rings. The van der Waals surface area contributed by atoms with E-state index in [1.165, 1.54) is 60.7 Å². The van der Waals surface area contributed by atoms with Gasteiger partial charge in [-0.05, 0) is 0 Å². The number of carbonyl (C=O) groups is 3. The zero-order valence-electron chi connectivity index (χ0n) is 17.8. The maximum atomic E-state index is 13.4. The molecule has 5 atom stereocenters. The molecule has 1 fully saturated rings. The van der Waals surface area contributed by atoms with Crippen molar-refractivity contribution in [3.8, 4) is 0 Å². The van der Waals surface area contributed by atoms with Gasteiger partial charge < -0.3 is 25.2 Å². The van der Waals surface area contributed by atoms with Gasteiger partial charge in [-0.3, -0.25) is 14.4 Å². The Kier molecular flexibility index (Phi) is 6.26. The molecule has 1 heterocycles. The van der Waals surface area contributed by atoms with Crippen molar-refractivity contribution in [3.63, 3.8) is 0 Å². The Morgan fingerprint density at radius 2 is 1.12 bits per heavy atom. The second kappa shape index (κ2) is 9.02. The van der Waals surface area contributed by atoms with Crippen LogP contribution in [-0.4, -0.2) is 67.5 Å². The molecule has 0 spiro atoms. The second-order valence-electron chi connectivity index (χ2n) is 8.03. The normalized spacial score (nSPS) is 27.2. The molecule has 4 N–H and O–H groups in total. The number of hydrogen-bond acceptors (Lipinski definition) is 8. The van der Waals surface area contributed by atoms with Crippen LogP contribution in [0.1, 0.15) is 31.1 Å². The van der Waals surface area contributed by atoms with Crippen LogP contribution in [0.4, 0.5) is 0 Å². The van der Waals surface area contributed by atoms with Crippen molar-refractivity contribution >= 4 is 17.3 Å². The van der Waals surface area contributed by atoms with Gasteiger partial charge in [0.2, 0.25) is 5.78 Å². The van der Waals surface area contributed by atoms with E-state index in [0.29, 0.717) is 0 Å². The minimum Gasteiger partial charge on any atom is -0.383 e. The molecule has 3 aromatic carbocycles. The summed E-state index contributed by atoms with van der Waals surface area (Å²) < 4.78 is 5.35. The van der Waals surface area contributed by atoms with E-state index >= 15 is 0 Å². The predicted octanol–water partition coefficient (Wildman–Crippen LogP) is 1.18. The molecule has 174 valence electrons. The number of rotatable bonds is 7. The number of aliphatic hydroxyl groups is 4. The molecule has 0 aliphatic carbocycles. The summed E-state index contributed by atoms with van der Waals surface area (Å²) in [7, 11) is 0. The average Bonchev–Trinajstić information content (AvgIpc) is 3.11. The van der Waals surface area contributed by atoms with Gasteiger partial charge in [-0.2, -0.15) is 0 Å². The third kappa shape index (κ3) is 3.77. The minimum atomic E-state index is -3.12. The zero-order chi connectivity index (χ0) is 24.5. The molecule has 0 saturated carbocycles. The summed E-state index contributed by atoms with van der Waals surface area (Å²) in [6.07, 6.45) is -6.89. The first-order valence-corrected chi connectivity index (χ1v) is 10.5. The molecule has 3 aromatic rings. The molecule has 1 unspecified atom stereocenters. The lowest BCUT2D eigenvalue weighted by Crippen LogP contribution is -2.61. The van der Waals surface area contributed by atoms with E-state index in [1.807, 2.05) is 0 Å². The fourth-order valence-electron chi connectivity index (χ4n) is 4.07. The number of benzene rings is 3. The maximum Gasteiger partial charge on any atom is 0.262 e. The number of ether oxygens (including phenoxy) is 1. The van der Waals surface area contributed by atoms with Crippen LogP contribution in [0.3, 0.4) is 0 Å². The van der Waals surface area contributed by atoms with Gasteiger partial charge in [0, 0.05) is 16.7 Å². The van der Waals surface area contributed by atoms with E-state index in [2.05, 4.69) is 0 Å². The highest BCUT2D eigenvalue weighted by atomic mass is 16.7. The first kappa shape index (κ1) is 23.6. The largest absolute Gasteiger partial charge is 0.383 e. The van der Waals surface area contributed by atoms with E-state index in [1.54, 1.807) is 30.3 Å². The number of aliphatic hydroxyl groups excluding tert-OH is 2. The van der Waals surface area contributed by atoms with Crippen LogP contribution >= 0.6 is 0 Å². The lowest BCUT2D eigenvalue weighted by Gasteiger charge is -2.31. The number of hydrogen-bond donors (Lipinski definition) is 4. The standard InChI is InChI=1S/C26H22O8/c27-19(16-10-4-1-5-11-16)20(28)23-25(32,21(29)17-12-6-2-7-13-17)24(31)26(33,34-23)22(30)18-14-8-3-9-15-18/h1-15,20,23-24,28,31-33H/t20?,23-,24-,25-,26+/m1/s1. The van der Waals surface area contributed by atoms with Crippen LogP contribution in [0.2, 0.25) is 0 Å². The van der Waals surface area contributed by atoms with E-state index in [0.717, 1.165) is 0 Å². The van der Waals surface area contributed by atoms with Crippen molar-refractivity contribution in [1.29, 1.82) is 0 Å². The van der Waals surface area contributed by atoms with Crippen molar-refractivity contribution in [2.45, 2.75) is 29.7 Å². The third-order valence-electron chi connectivity index (χ3n) is 5.90. The van der Waals surface area contributed by atoms with Crippen LogP contribution < -0.4 is 0 Å². The molecule has 0 aromatic heterocycles. The summed E-state index contributed by atoms with van der Waals surface area (Å²) in [4.78, 5) is 39.4. The molecule has 8 nitrogen and oxygen atoms in total. The van der Waals surface area contributed by atoms with Crippen LogP contribution in [0, 0.1) is 0 Å². The molecule has 34 heavy (non-hydrogen) atoms. The van der Waals surface area contributed by atoms with Gasteiger partial charge in [0.1, 0.15) is 12.2 Å². The number of Topliss-reactive ketones (excluding diaryl/α,β-unsaturated/α-hetero) is 3. The first-order chi connectivity index (χ1) is 16.2. The first-order valence-electron chi connectivity index (χ1n) is 10.5. The minimum absolute atomic E-state index is 0.0347. The highest BCUT2D eigenvalue weighted by Crippen LogP contribution is 2.43. The van der Waals surface area contributed by atoms with E-state index in [9.17, 15) is 34.8 Å². The van der Waals surface area contributed by atoms with Gasteiger partial charge in [-0.1, -0.05) is 91.0 Å². The average molecular weight is 462 g/mol. The van der Waals surface area contributed by atoms with Gasteiger partial charge >= 0.3 is 0 Å². The van der Waals surface area contributed by atoms with Crippen molar-refractivity contribution in [2.24, 2.45) is 0 Å². The van der Waals surface area contributed by atoms with Gasteiger partial charge in [-0.15, -0.1) is 0 Å². The number of ketones is 3. The van der Waals surface area contributed by atoms with Crippen molar-refractivity contribution in [2.75, 3.05) is 0 Å². The quantitative estimate of drug-likeness (QED) is 0.384. The molecular formula is C26H22O8. The van der Waals surface area contributed by atoms with Gasteiger partial charge in [0.25, 0.3) is 5.79 Å². The summed E-state index contributed by atoms with van der Waals surface area (Å²) in [6, 6.07) is 22.1. The summed E-state index contributed by atoms with van der Waals surface area (Å²) >= 11 is 0. The Balaban J connectivity index is 1.80. The van der Waals surface area contributed by atoms with Crippen LogP contribution in [-0.2, 0) is 4.74 Å². The monoisotopic (exact) mass is 462 g/mol. The molecule has 1 saturated heterocycles. The molecule has 0 bridgehead atoms. The van der Waals surface area contributed by atoms with Gasteiger partial charge in [-0.25, -0.2) is 0 Å².